The number of rotatable bonds is 7. The van der Waals surface area contributed by atoms with Gasteiger partial charge in [-0.2, -0.15) is 0 Å². The van der Waals surface area contributed by atoms with Gasteiger partial charge in [0.1, 0.15) is 5.69 Å². The van der Waals surface area contributed by atoms with Gasteiger partial charge in [0.25, 0.3) is 5.91 Å². The highest BCUT2D eigenvalue weighted by molar-refractivity contribution is 7.13. The zero-order chi connectivity index (χ0) is 16.8. The maximum atomic E-state index is 12.1. The van der Waals surface area contributed by atoms with E-state index in [2.05, 4.69) is 10.3 Å². The summed E-state index contributed by atoms with van der Waals surface area (Å²) in [5, 5.41) is 5.22. The van der Waals surface area contributed by atoms with E-state index >= 15 is 0 Å². The molecular weight excluding hydrogens is 314 g/mol. The van der Waals surface area contributed by atoms with Crippen LogP contribution >= 0.6 is 11.3 Å². The Kier molecular flexibility index (Phi) is 5.92. The van der Waals surface area contributed by atoms with Crippen LogP contribution in [0.2, 0.25) is 0 Å². The van der Waals surface area contributed by atoms with Crippen LogP contribution in [0.5, 0.6) is 0 Å². The van der Waals surface area contributed by atoms with E-state index in [1.54, 1.807) is 29.5 Å². The lowest BCUT2D eigenvalue weighted by atomic mass is 10.2. The van der Waals surface area contributed by atoms with Crippen molar-refractivity contribution in [2.24, 2.45) is 0 Å². The lowest BCUT2D eigenvalue weighted by Gasteiger charge is -2.25. The Balaban J connectivity index is 1.80. The average Bonchev–Trinajstić information content (AvgIpc) is 3.16. The molecule has 2 rings (SSSR count). The number of amides is 2. The zero-order valence-corrected chi connectivity index (χ0v) is 14.4. The molecule has 0 aliphatic rings. The minimum absolute atomic E-state index is 0.0499. The molecule has 0 spiro atoms. The van der Waals surface area contributed by atoms with Gasteiger partial charge < -0.3 is 14.6 Å². The van der Waals surface area contributed by atoms with Crippen LogP contribution in [0, 0.1) is 0 Å². The maximum Gasteiger partial charge on any atom is 0.270 e. The third-order valence-electron chi connectivity index (χ3n) is 3.36. The molecule has 0 aliphatic carbocycles. The maximum absolute atomic E-state index is 12.1. The monoisotopic (exact) mass is 335 g/mol. The van der Waals surface area contributed by atoms with Gasteiger partial charge in [0.05, 0.1) is 6.26 Å². The number of nitrogens with one attached hydrogen (secondary N) is 1. The highest BCUT2D eigenvalue weighted by atomic mass is 32.1. The van der Waals surface area contributed by atoms with Gasteiger partial charge in [0.2, 0.25) is 5.91 Å². The summed E-state index contributed by atoms with van der Waals surface area (Å²) in [6, 6.07) is 3.76. The standard InChI is InChI=1S/C16H21N3O3S/c1-11(2)19(12(3)20)8-5-7-17-15(21)13-10-23-16(18-13)14-6-4-9-22-14/h4,6,9-11H,5,7-8H2,1-3H3,(H,17,21). The quantitative estimate of drug-likeness (QED) is 0.790. The summed E-state index contributed by atoms with van der Waals surface area (Å²) in [6.45, 7) is 6.64. The molecule has 0 atom stereocenters. The first-order chi connectivity index (χ1) is 11.0. The molecule has 2 aromatic heterocycles. The van der Waals surface area contributed by atoms with E-state index in [9.17, 15) is 9.59 Å². The second kappa shape index (κ2) is 7.92. The van der Waals surface area contributed by atoms with Gasteiger partial charge in [0, 0.05) is 31.4 Å². The molecule has 6 nitrogen and oxygen atoms in total. The fraction of sp³-hybridized carbons (Fsp3) is 0.438. The van der Waals surface area contributed by atoms with Gasteiger partial charge in [-0.25, -0.2) is 4.98 Å². The van der Waals surface area contributed by atoms with Gasteiger partial charge in [-0.3, -0.25) is 9.59 Å². The lowest BCUT2D eigenvalue weighted by molar-refractivity contribution is -0.130. The molecule has 0 fully saturated rings. The second-order valence-corrected chi connectivity index (χ2v) is 6.29. The third-order valence-corrected chi connectivity index (χ3v) is 4.21. The van der Waals surface area contributed by atoms with E-state index in [0.29, 0.717) is 36.0 Å². The number of thiazole rings is 1. The van der Waals surface area contributed by atoms with E-state index in [4.69, 9.17) is 4.42 Å². The average molecular weight is 335 g/mol. The van der Waals surface area contributed by atoms with Crippen LogP contribution in [-0.4, -0.2) is 40.8 Å². The third kappa shape index (κ3) is 4.66. The number of hydrogen-bond donors (Lipinski definition) is 1. The van der Waals surface area contributed by atoms with Crippen molar-refractivity contribution in [2.45, 2.75) is 33.2 Å². The van der Waals surface area contributed by atoms with Gasteiger partial charge in [0.15, 0.2) is 10.8 Å². The highest BCUT2D eigenvalue weighted by Crippen LogP contribution is 2.23. The number of hydrogen-bond acceptors (Lipinski definition) is 5. The van der Waals surface area contributed by atoms with Crippen molar-refractivity contribution in [1.82, 2.24) is 15.2 Å². The Hall–Kier alpha value is -2.15. The predicted molar refractivity (Wildman–Crippen MR) is 89.3 cm³/mol. The summed E-state index contributed by atoms with van der Waals surface area (Å²) in [7, 11) is 0. The van der Waals surface area contributed by atoms with E-state index in [1.807, 2.05) is 19.9 Å². The predicted octanol–water partition coefficient (Wildman–Crippen LogP) is 2.78. The normalized spacial score (nSPS) is 10.8. The Labute approximate surface area is 139 Å². The van der Waals surface area contributed by atoms with Crippen molar-refractivity contribution in [2.75, 3.05) is 13.1 Å². The molecule has 0 saturated carbocycles. The molecule has 0 saturated heterocycles. The van der Waals surface area contributed by atoms with Crippen LogP contribution in [-0.2, 0) is 4.79 Å². The fourth-order valence-corrected chi connectivity index (χ4v) is 2.98. The molecule has 0 bridgehead atoms. The van der Waals surface area contributed by atoms with E-state index in [-0.39, 0.29) is 17.9 Å². The van der Waals surface area contributed by atoms with E-state index < -0.39 is 0 Å². The first-order valence-electron chi connectivity index (χ1n) is 7.54. The van der Waals surface area contributed by atoms with Crippen LogP contribution in [0.4, 0.5) is 0 Å². The van der Waals surface area contributed by atoms with E-state index in [1.165, 1.54) is 11.3 Å². The minimum atomic E-state index is -0.210. The van der Waals surface area contributed by atoms with Crippen molar-refractivity contribution in [3.63, 3.8) is 0 Å². The minimum Gasteiger partial charge on any atom is -0.462 e. The molecular formula is C16H21N3O3S. The largest absolute Gasteiger partial charge is 0.462 e. The second-order valence-electron chi connectivity index (χ2n) is 5.43. The van der Waals surface area contributed by atoms with Crippen LogP contribution in [0.15, 0.2) is 28.2 Å². The fourth-order valence-electron chi connectivity index (χ4n) is 2.21. The molecule has 1 N–H and O–H groups in total. The van der Waals surface area contributed by atoms with Gasteiger partial charge in [-0.05, 0) is 32.4 Å². The van der Waals surface area contributed by atoms with Crippen LogP contribution in [0.1, 0.15) is 37.7 Å². The summed E-state index contributed by atoms with van der Waals surface area (Å²) >= 11 is 1.37. The van der Waals surface area contributed by atoms with Crippen LogP contribution in [0.3, 0.4) is 0 Å². The molecule has 0 aromatic carbocycles. The number of carbonyl (C=O) groups excluding carboxylic acids is 2. The Morgan fingerprint density at radius 1 is 1.43 bits per heavy atom. The first-order valence-corrected chi connectivity index (χ1v) is 8.42. The molecule has 0 unspecified atom stereocenters. The van der Waals surface area contributed by atoms with Crippen molar-refractivity contribution >= 4 is 23.2 Å². The van der Waals surface area contributed by atoms with Crippen molar-refractivity contribution in [1.29, 1.82) is 0 Å². The van der Waals surface area contributed by atoms with Gasteiger partial charge in [-0.15, -0.1) is 11.3 Å². The highest BCUT2D eigenvalue weighted by Gasteiger charge is 2.14. The lowest BCUT2D eigenvalue weighted by Crippen LogP contribution is -2.37. The molecule has 124 valence electrons. The van der Waals surface area contributed by atoms with Crippen molar-refractivity contribution < 1.29 is 14.0 Å². The Morgan fingerprint density at radius 3 is 2.83 bits per heavy atom. The summed E-state index contributed by atoms with van der Waals surface area (Å²) in [5.41, 5.74) is 0.383. The summed E-state index contributed by atoms with van der Waals surface area (Å²) < 4.78 is 5.26. The Morgan fingerprint density at radius 2 is 2.22 bits per heavy atom. The molecule has 0 radical (unpaired) electrons. The van der Waals surface area contributed by atoms with Crippen molar-refractivity contribution in [3.8, 4) is 10.8 Å². The smallest absolute Gasteiger partial charge is 0.270 e. The molecule has 7 heteroatoms. The molecule has 2 amide bonds. The molecule has 2 aromatic rings. The topological polar surface area (TPSA) is 75.4 Å². The van der Waals surface area contributed by atoms with E-state index in [0.717, 1.165) is 0 Å². The van der Waals surface area contributed by atoms with Crippen LogP contribution < -0.4 is 5.32 Å². The first kappa shape index (κ1) is 17.2. The van der Waals surface area contributed by atoms with Gasteiger partial charge >= 0.3 is 0 Å². The zero-order valence-electron chi connectivity index (χ0n) is 13.5. The van der Waals surface area contributed by atoms with Crippen molar-refractivity contribution in [3.05, 3.63) is 29.5 Å². The Bertz CT molecular complexity index is 649. The SMILES string of the molecule is CC(=O)N(CCCNC(=O)c1csc(-c2ccco2)n1)C(C)C. The van der Waals surface area contributed by atoms with Crippen LogP contribution in [0.25, 0.3) is 10.8 Å². The molecule has 23 heavy (non-hydrogen) atoms. The number of furan rings is 1. The summed E-state index contributed by atoms with van der Waals surface area (Å²) in [6.07, 6.45) is 2.28. The summed E-state index contributed by atoms with van der Waals surface area (Å²) in [5.74, 6) is 0.495. The molecule has 2 heterocycles. The molecule has 0 aliphatic heterocycles. The number of carbonyl (C=O) groups is 2. The summed E-state index contributed by atoms with van der Waals surface area (Å²) in [4.78, 5) is 29.6. The van der Waals surface area contributed by atoms with Gasteiger partial charge in [-0.1, -0.05) is 0 Å². The number of nitrogens with zero attached hydrogens (tertiary/aromatic N) is 2. The number of aromatic nitrogens is 1.